The Morgan fingerprint density at radius 3 is 2.72 bits per heavy atom. The highest BCUT2D eigenvalue weighted by Crippen LogP contribution is 2.38. The molecule has 1 amide bonds. The van der Waals surface area contributed by atoms with E-state index in [2.05, 4.69) is 5.32 Å². The molecule has 0 saturated heterocycles. The molecule has 0 spiro atoms. The molecule has 4 nitrogen and oxygen atoms in total. The Bertz CT molecular complexity index is 794. The molecular weight excluding hydrogens is 334 g/mol. The lowest BCUT2D eigenvalue weighted by Crippen LogP contribution is -2.16. The predicted molar refractivity (Wildman–Crippen MR) is 101 cm³/mol. The number of benzene rings is 1. The second-order valence-electron chi connectivity index (χ2n) is 6.32. The molecule has 3 rings (SSSR count). The van der Waals surface area contributed by atoms with Gasteiger partial charge in [0.1, 0.15) is 5.00 Å². The summed E-state index contributed by atoms with van der Waals surface area (Å²) in [4.78, 5) is 26.5. The first-order chi connectivity index (χ1) is 12.1. The van der Waals surface area contributed by atoms with Crippen LogP contribution in [0.4, 0.5) is 5.00 Å². The highest BCUT2D eigenvalue weighted by atomic mass is 32.1. The molecule has 1 aromatic carbocycles. The van der Waals surface area contributed by atoms with E-state index in [4.69, 9.17) is 4.74 Å². The van der Waals surface area contributed by atoms with Gasteiger partial charge in [-0.05, 0) is 56.2 Å². The lowest BCUT2D eigenvalue weighted by molar-refractivity contribution is 0.0505. The normalized spacial score (nSPS) is 13.2. The van der Waals surface area contributed by atoms with Crippen LogP contribution < -0.4 is 5.32 Å². The van der Waals surface area contributed by atoms with Gasteiger partial charge in [0.05, 0.1) is 12.2 Å². The number of aryl methyl sites for hydroxylation is 2. The van der Waals surface area contributed by atoms with E-state index in [1.54, 1.807) is 6.07 Å². The van der Waals surface area contributed by atoms with Crippen molar-refractivity contribution in [3.05, 3.63) is 51.4 Å². The number of nitrogens with one attached hydrogen (secondary N) is 1. The maximum Gasteiger partial charge on any atom is 0.341 e. The van der Waals surface area contributed by atoms with Gasteiger partial charge in [-0.2, -0.15) is 0 Å². The SMILES string of the molecule is CCCOC(=O)c1c(NC(=O)c2ccccc2C)sc2c1CCCC2. The van der Waals surface area contributed by atoms with E-state index < -0.39 is 0 Å². The number of ether oxygens (including phenoxy) is 1. The van der Waals surface area contributed by atoms with Crippen molar-refractivity contribution in [1.29, 1.82) is 0 Å². The minimum Gasteiger partial charge on any atom is -0.462 e. The number of esters is 1. The summed E-state index contributed by atoms with van der Waals surface area (Å²) < 4.78 is 5.37. The summed E-state index contributed by atoms with van der Waals surface area (Å²) in [5.74, 6) is -0.498. The highest BCUT2D eigenvalue weighted by Gasteiger charge is 2.27. The third-order valence-electron chi connectivity index (χ3n) is 4.43. The number of anilines is 1. The summed E-state index contributed by atoms with van der Waals surface area (Å²) in [6.07, 6.45) is 4.82. The number of rotatable bonds is 5. The number of hydrogen-bond donors (Lipinski definition) is 1. The molecular formula is C20H23NO3S. The average Bonchev–Trinajstić information content (AvgIpc) is 2.97. The maximum absolute atomic E-state index is 12.7. The number of hydrogen-bond acceptors (Lipinski definition) is 4. The molecule has 2 aromatic rings. The van der Waals surface area contributed by atoms with Gasteiger partial charge in [-0.1, -0.05) is 25.1 Å². The Labute approximate surface area is 152 Å². The van der Waals surface area contributed by atoms with Crippen molar-refractivity contribution in [2.75, 3.05) is 11.9 Å². The zero-order valence-corrected chi connectivity index (χ0v) is 15.5. The molecule has 0 bridgehead atoms. The standard InChI is InChI=1S/C20H23NO3S/c1-3-12-24-20(23)17-15-10-6-7-11-16(15)25-19(17)21-18(22)14-9-5-4-8-13(14)2/h4-5,8-9H,3,6-7,10-12H2,1-2H3,(H,21,22). The van der Waals surface area contributed by atoms with Gasteiger partial charge in [-0.15, -0.1) is 11.3 Å². The molecule has 1 aliphatic carbocycles. The zero-order chi connectivity index (χ0) is 17.8. The molecule has 1 aliphatic rings. The topological polar surface area (TPSA) is 55.4 Å². The van der Waals surface area contributed by atoms with Crippen LogP contribution in [0.2, 0.25) is 0 Å². The van der Waals surface area contributed by atoms with Crippen molar-refractivity contribution in [1.82, 2.24) is 0 Å². The van der Waals surface area contributed by atoms with E-state index in [1.165, 1.54) is 16.2 Å². The van der Waals surface area contributed by atoms with Gasteiger partial charge in [-0.3, -0.25) is 4.79 Å². The van der Waals surface area contributed by atoms with Gasteiger partial charge in [0, 0.05) is 10.4 Å². The molecule has 132 valence electrons. The lowest BCUT2D eigenvalue weighted by Gasteiger charge is -2.12. The van der Waals surface area contributed by atoms with Crippen LogP contribution in [-0.4, -0.2) is 18.5 Å². The molecule has 25 heavy (non-hydrogen) atoms. The summed E-state index contributed by atoms with van der Waals surface area (Å²) in [5, 5.41) is 3.59. The minimum absolute atomic E-state index is 0.179. The number of amides is 1. The van der Waals surface area contributed by atoms with Crippen molar-refractivity contribution in [3.63, 3.8) is 0 Å². The Morgan fingerprint density at radius 2 is 1.96 bits per heavy atom. The van der Waals surface area contributed by atoms with Gasteiger partial charge in [0.25, 0.3) is 5.91 Å². The Kier molecular flexibility index (Phi) is 5.53. The van der Waals surface area contributed by atoms with Crippen LogP contribution in [0.5, 0.6) is 0 Å². The molecule has 5 heteroatoms. The second kappa shape index (κ2) is 7.83. The molecule has 0 radical (unpaired) electrons. The lowest BCUT2D eigenvalue weighted by atomic mass is 9.95. The number of carbonyl (C=O) groups is 2. The van der Waals surface area contributed by atoms with E-state index in [9.17, 15) is 9.59 Å². The predicted octanol–water partition coefficient (Wildman–Crippen LogP) is 4.75. The van der Waals surface area contributed by atoms with Gasteiger partial charge < -0.3 is 10.1 Å². The fourth-order valence-electron chi connectivity index (χ4n) is 3.13. The molecule has 0 fully saturated rings. The average molecular weight is 357 g/mol. The largest absolute Gasteiger partial charge is 0.462 e. The number of thiophene rings is 1. The fourth-order valence-corrected chi connectivity index (χ4v) is 4.41. The first-order valence-corrected chi connectivity index (χ1v) is 9.62. The summed E-state index contributed by atoms with van der Waals surface area (Å²) in [6.45, 7) is 4.27. The monoisotopic (exact) mass is 357 g/mol. The van der Waals surface area contributed by atoms with E-state index >= 15 is 0 Å². The smallest absolute Gasteiger partial charge is 0.341 e. The van der Waals surface area contributed by atoms with Crippen LogP contribution in [0.1, 0.15) is 62.9 Å². The van der Waals surface area contributed by atoms with E-state index in [1.807, 2.05) is 32.0 Å². The summed E-state index contributed by atoms with van der Waals surface area (Å²) >= 11 is 1.52. The van der Waals surface area contributed by atoms with Gasteiger partial charge >= 0.3 is 5.97 Å². The van der Waals surface area contributed by atoms with Crippen molar-refractivity contribution >= 4 is 28.2 Å². The van der Waals surface area contributed by atoms with Crippen LogP contribution in [0, 0.1) is 6.92 Å². The zero-order valence-electron chi connectivity index (χ0n) is 14.7. The van der Waals surface area contributed by atoms with Crippen molar-refractivity contribution in [2.45, 2.75) is 46.0 Å². The molecule has 0 aliphatic heterocycles. The highest BCUT2D eigenvalue weighted by molar-refractivity contribution is 7.17. The molecule has 0 atom stereocenters. The first kappa shape index (κ1) is 17.7. The van der Waals surface area contributed by atoms with Gasteiger partial charge in [0.2, 0.25) is 0 Å². The van der Waals surface area contributed by atoms with Crippen LogP contribution in [-0.2, 0) is 17.6 Å². The molecule has 0 saturated carbocycles. The van der Waals surface area contributed by atoms with Crippen molar-refractivity contribution in [3.8, 4) is 0 Å². The number of carbonyl (C=O) groups excluding carboxylic acids is 2. The van der Waals surface area contributed by atoms with E-state index in [0.717, 1.165) is 43.2 Å². The quantitative estimate of drug-likeness (QED) is 0.785. The fraction of sp³-hybridized carbons (Fsp3) is 0.400. The third-order valence-corrected chi connectivity index (χ3v) is 5.64. The molecule has 0 unspecified atom stereocenters. The van der Waals surface area contributed by atoms with Crippen molar-refractivity contribution in [2.24, 2.45) is 0 Å². The number of fused-ring (bicyclic) bond motifs is 1. The maximum atomic E-state index is 12.7. The van der Waals surface area contributed by atoms with Gasteiger partial charge in [0.15, 0.2) is 0 Å². The second-order valence-corrected chi connectivity index (χ2v) is 7.43. The Balaban J connectivity index is 1.92. The summed E-state index contributed by atoms with van der Waals surface area (Å²) in [6, 6.07) is 7.46. The Hall–Kier alpha value is -2.14. The van der Waals surface area contributed by atoms with Gasteiger partial charge in [-0.25, -0.2) is 4.79 Å². The van der Waals surface area contributed by atoms with E-state index in [0.29, 0.717) is 22.7 Å². The van der Waals surface area contributed by atoms with Crippen molar-refractivity contribution < 1.29 is 14.3 Å². The van der Waals surface area contributed by atoms with Crippen LogP contribution in [0.3, 0.4) is 0 Å². The van der Waals surface area contributed by atoms with Crippen LogP contribution in [0.15, 0.2) is 24.3 Å². The van der Waals surface area contributed by atoms with Crippen LogP contribution in [0.25, 0.3) is 0 Å². The third kappa shape index (κ3) is 3.76. The first-order valence-electron chi connectivity index (χ1n) is 8.80. The molecule has 1 heterocycles. The molecule has 1 N–H and O–H groups in total. The molecule has 1 aromatic heterocycles. The Morgan fingerprint density at radius 1 is 1.20 bits per heavy atom. The summed E-state index contributed by atoms with van der Waals surface area (Å²) in [7, 11) is 0. The van der Waals surface area contributed by atoms with E-state index in [-0.39, 0.29) is 11.9 Å². The minimum atomic E-state index is -0.318. The summed E-state index contributed by atoms with van der Waals surface area (Å²) in [5.41, 5.74) is 3.17. The van der Waals surface area contributed by atoms with Crippen LogP contribution >= 0.6 is 11.3 Å².